The van der Waals surface area contributed by atoms with Gasteiger partial charge in [-0.25, -0.2) is 0 Å². The minimum atomic E-state index is 0.692. The van der Waals surface area contributed by atoms with Gasteiger partial charge in [0.25, 0.3) is 0 Å². The molecule has 1 heterocycles. The summed E-state index contributed by atoms with van der Waals surface area (Å²) in [6.07, 6.45) is 0.958. The molecule has 0 radical (unpaired) electrons. The van der Waals surface area contributed by atoms with Gasteiger partial charge >= 0.3 is 0 Å². The highest BCUT2D eigenvalue weighted by molar-refractivity contribution is 5.88. The van der Waals surface area contributed by atoms with Gasteiger partial charge in [-0.1, -0.05) is 0 Å². The van der Waals surface area contributed by atoms with Crippen LogP contribution in [0.2, 0.25) is 0 Å². The molecule has 0 fully saturated rings. The van der Waals surface area contributed by atoms with E-state index in [4.69, 9.17) is 15.2 Å². The summed E-state index contributed by atoms with van der Waals surface area (Å²) in [6, 6.07) is 6.10. The number of rotatable bonds is 5. The summed E-state index contributed by atoms with van der Waals surface area (Å²) in [5.74, 6) is 1.66. The summed E-state index contributed by atoms with van der Waals surface area (Å²) in [4.78, 5) is 0. The van der Waals surface area contributed by atoms with Gasteiger partial charge in [0.15, 0.2) is 0 Å². The van der Waals surface area contributed by atoms with Crippen molar-refractivity contribution in [2.24, 2.45) is 5.73 Å². The molecule has 0 saturated heterocycles. The fraction of sp³-hybridized carbons (Fsp3) is 0.429. The Hall–Kier alpha value is -1.68. The van der Waals surface area contributed by atoms with Crippen LogP contribution in [0.5, 0.6) is 11.5 Å². The number of ether oxygens (including phenoxy) is 2. The highest BCUT2D eigenvalue weighted by Crippen LogP contribution is 2.33. The van der Waals surface area contributed by atoms with Crippen LogP contribution >= 0.6 is 0 Å². The fourth-order valence-electron chi connectivity index (χ4n) is 2.29. The Morgan fingerprint density at radius 1 is 1.17 bits per heavy atom. The first-order valence-electron chi connectivity index (χ1n) is 6.13. The van der Waals surface area contributed by atoms with Crippen molar-refractivity contribution < 1.29 is 9.47 Å². The number of nitrogens with two attached hydrogens (primary N) is 1. The van der Waals surface area contributed by atoms with E-state index in [0.29, 0.717) is 6.54 Å². The SMILES string of the molecule is COc1cc(OC)c2c(c1)cc(C)n2CCCN. The third-order valence-corrected chi connectivity index (χ3v) is 3.18. The Balaban J connectivity index is 2.60. The van der Waals surface area contributed by atoms with Crippen LogP contribution in [-0.2, 0) is 6.54 Å². The topological polar surface area (TPSA) is 49.4 Å². The molecule has 0 aliphatic heterocycles. The molecule has 1 aromatic carbocycles. The predicted molar refractivity (Wildman–Crippen MR) is 73.5 cm³/mol. The number of hydrogen-bond donors (Lipinski definition) is 1. The fourth-order valence-corrected chi connectivity index (χ4v) is 2.29. The monoisotopic (exact) mass is 248 g/mol. The van der Waals surface area contributed by atoms with Crippen LogP contribution in [0.15, 0.2) is 18.2 Å². The lowest BCUT2D eigenvalue weighted by Crippen LogP contribution is -2.07. The van der Waals surface area contributed by atoms with Crippen molar-refractivity contribution in [3.05, 3.63) is 23.9 Å². The van der Waals surface area contributed by atoms with Crippen molar-refractivity contribution in [1.29, 1.82) is 0 Å². The average Bonchev–Trinajstić information content (AvgIpc) is 2.70. The number of fused-ring (bicyclic) bond motifs is 1. The maximum atomic E-state index is 5.59. The number of nitrogens with zero attached hydrogens (tertiary/aromatic N) is 1. The summed E-state index contributed by atoms with van der Waals surface area (Å²) in [7, 11) is 3.35. The first-order chi connectivity index (χ1) is 8.71. The van der Waals surface area contributed by atoms with Gasteiger partial charge in [-0.15, -0.1) is 0 Å². The minimum Gasteiger partial charge on any atom is -0.497 e. The molecule has 1 aromatic heterocycles. The Bertz CT molecular complexity index is 546. The highest BCUT2D eigenvalue weighted by atomic mass is 16.5. The highest BCUT2D eigenvalue weighted by Gasteiger charge is 2.12. The summed E-state index contributed by atoms with van der Waals surface area (Å²) in [5.41, 5.74) is 7.92. The van der Waals surface area contributed by atoms with E-state index in [9.17, 15) is 0 Å². The Morgan fingerprint density at radius 2 is 1.94 bits per heavy atom. The largest absolute Gasteiger partial charge is 0.497 e. The van der Waals surface area contributed by atoms with Crippen molar-refractivity contribution in [3.8, 4) is 11.5 Å². The number of benzene rings is 1. The summed E-state index contributed by atoms with van der Waals surface area (Å²) >= 11 is 0. The van der Waals surface area contributed by atoms with Crippen LogP contribution in [0.1, 0.15) is 12.1 Å². The van der Waals surface area contributed by atoms with Crippen LogP contribution in [0, 0.1) is 6.92 Å². The van der Waals surface area contributed by atoms with E-state index in [2.05, 4.69) is 17.6 Å². The second-order valence-electron chi connectivity index (χ2n) is 4.35. The number of aromatic nitrogens is 1. The van der Waals surface area contributed by atoms with Gasteiger partial charge in [-0.05, 0) is 32.0 Å². The molecule has 2 aromatic rings. The minimum absolute atomic E-state index is 0.692. The van der Waals surface area contributed by atoms with Crippen LogP contribution in [0.3, 0.4) is 0 Å². The van der Waals surface area contributed by atoms with E-state index in [1.807, 2.05) is 12.1 Å². The molecular weight excluding hydrogens is 228 g/mol. The molecule has 4 heteroatoms. The molecule has 2 rings (SSSR count). The number of methoxy groups -OCH3 is 2. The zero-order valence-electron chi connectivity index (χ0n) is 11.2. The van der Waals surface area contributed by atoms with Crippen LogP contribution in [0.4, 0.5) is 0 Å². The van der Waals surface area contributed by atoms with Crippen molar-refractivity contribution in [3.63, 3.8) is 0 Å². The molecule has 2 N–H and O–H groups in total. The van der Waals surface area contributed by atoms with Crippen LogP contribution in [0.25, 0.3) is 10.9 Å². The normalized spacial score (nSPS) is 10.9. The lowest BCUT2D eigenvalue weighted by molar-refractivity contribution is 0.396. The predicted octanol–water partition coefficient (Wildman–Crippen LogP) is 2.32. The Labute approximate surface area is 107 Å². The molecule has 18 heavy (non-hydrogen) atoms. The van der Waals surface area contributed by atoms with Gasteiger partial charge < -0.3 is 19.8 Å². The maximum absolute atomic E-state index is 5.59. The Morgan fingerprint density at radius 3 is 2.56 bits per heavy atom. The van der Waals surface area contributed by atoms with Crippen LogP contribution in [-0.4, -0.2) is 25.3 Å². The van der Waals surface area contributed by atoms with Crippen molar-refractivity contribution in [2.75, 3.05) is 20.8 Å². The molecule has 0 aliphatic rings. The molecule has 0 spiro atoms. The van der Waals surface area contributed by atoms with Crippen molar-refractivity contribution in [1.82, 2.24) is 4.57 Å². The van der Waals surface area contributed by atoms with Gasteiger partial charge in [-0.2, -0.15) is 0 Å². The third kappa shape index (κ3) is 2.16. The molecule has 4 nitrogen and oxygen atoms in total. The Kier molecular flexibility index (Phi) is 3.77. The lowest BCUT2D eigenvalue weighted by atomic mass is 10.2. The molecule has 0 bridgehead atoms. The summed E-state index contributed by atoms with van der Waals surface area (Å²) in [6.45, 7) is 3.70. The first-order valence-corrected chi connectivity index (χ1v) is 6.13. The van der Waals surface area contributed by atoms with Gasteiger partial charge in [-0.3, -0.25) is 0 Å². The summed E-state index contributed by atoms with van der Waals surface area (Å²) < 4.78 is 13.0. The van der Waals surface area contributed by atoms with E-state index in [1.54, 1.807) is 14.2 Å². The van der Waals surface area contributed by atoms with Crippen LogP contribution < -0.4 is 15.2 Å². The molecule has 0 saturated carbocycles. The average molecular weight is 248 g/mol. The quantitative estimate of drug-likeness (QED) is 0.883. The second kappa shape index (κ2) is 5.31. The van der Waals surface area contributed by atoms with E-state index < -0.39 is 0 Å². The third-order valence-electron chi connectivity index (χ3n) is 3.18. The molecular formula is C14H20N2O2. The molecule has 0 aliphatic carbocycles. The van der Waals surface area contributed by atoms with Gasteiger partial charge in [0.05, 0.1) is 19.7 Å². The van der Waals surface area contributed by atoms with E-state index >= 15 is 0 Å². The maximum Gasteiger partial charge on any atom is 0.146 e. The zero-order valence-corrected chi connectivity index (χ0v) is 11.2. The van der Waals surface area contributed by atoms with Gasteiger partial charge in [0.2, 0.25) is 0 Å². The molecule has 0 amide bonds. The standard InChI is InChI=1S/C14H20N2O2/c1-10-7-11-8-12(17-2)9-13(18-3)14(11)16(10)6-4-5-15/h7-9H,4-6,15H2,1-3H3. The summed E-state index contributed by atoms with van der Waals surface area (Å²) in [5, 5.41) is 1.14. The number of aryl methyl sites for hydroxylation is 2. The zero-order chi connectivity index (χ0) is 13.1. The smallest absolute Gasteiger partial charge is 0.146 e. The lowest BCUT2D eigenvalue weighted by Gasteiger charge is -2.11. The van der Waals surface area contributed by atoms with Gasteiger partial charge in [0, 0.05) is 23.7 Å². The van der Waals surface area contributed by atoms with Gasteiger partial charge in [0.1, 0.15) is 11.5 Å². The van der Waals surface area contributed by atoms with Crippen molar-refractivity contribution in [2.45, 2.75) is 19.9 Å². The molecule has 0 atom stereocenters. The van der Waals surface area contributed by atoms with Crippen molar-refractivity contribution >= 4 is 10.9 Å². The molecule has 0 unspecified atom stereocenters. The molecule has 98 valence electrons. The van der Waals surface area contributed by atoms with E-state index in [0.717, 1.165) is 35.4 Å². The first kappa shape index (κ1) is 12.8. The number of hydrogen-bond acceptors (Lipinski definition) is 3. The van der Waals surface area contributed by atoms with E-state index in [-0.39, 0.29) is 0 Å². The van der Waals surface area contributed by atoms with E-state index in [1.165, 1.54) is 5.69 Å². The second-order valence-corrected chi connectivity index (χ2v) is 4.35.